The molecule has 3 aromatic rings. The first-order valence-corrected chi connectivity index (χ1v) is 11.6. The van der Waals surface area contributed by atoms with Crippen LogP contribution >= 0.6 is 0 Å². The maximum Gasteiger partial charge on any atom is 0.251 e. The number of likely N-dealkylation sites (N-methyl/N-ethyl adjacent to an activating group) is 1. The number of nitrogens with one attached hydrogen (secondary N) is 2. The van der Waals surface area contributed by atoms with Crippen molar-refractivity contribution in [2.24, 2.45) is 0 Å². The van der Waals surface area contributed by atoms with Gasteiger partial charge in [0, 0.05) is 61.4 Å². The van der Waals surface area contributed by atoms with Gasteiger partial charge in [0.1, 0.15) is 0 Å². The first-order chi connectivity index (χ1) is 15.2. The molecule has 1 amide bonds. The predicted octanol–water partition coefficient (Wildman–Crippen LogP) is 3.72. The van der Waals surface area contributed by atoms with Gasteiger partial charge in [0.2, 0.25) is 0 Å². The summed E-state index contributed by atoms with van der Waals surface area (Å²) in [6, 6.07) is 14.7. The van der Waals surface area contributed by atoms with Crippen molar-refractivity contribution in [3.63, 3.8) is 0 Å². The van der Waals surface area contributed by atoms with Crippen molar-refractivity contribution in [1.82, 2.24) is 20.1 Å². The van der Waals surface area contributed by atoms with Crippen molar-refractivity contribution in [2.45, 2.75) is 38.8 Å². The van der Waals surface area contributed by atoms with Gasteiger partial charge in [-0.1, -0.05) is 24.3 Å². The summed E-state index contributed by atoms with van der Waals surface area (Å²) in [4.78, 5) is 21.3. The minimum Gasteiger partial charge on any atom is -0.358 e. The number of hydrogen-bond acceptors (Lipinski definition) is 3. The summed E-state index contributed by atoms with van der Waals surface area (Å²) in [6.45, 7) is 6.02. The molecule has 2 aromatic carbocycles. The average Bonchev–Trinajstić information content (AvgIpc) is 3.17. The Labute approximate surface area is 184 Å². The maximum atomic E-state index is 12.9. The number of amides is 1. The third kappa shape index (κ3) is 4.53. The van der Waals surface area contributed by atoms with E-state index in [0.717, 1.165) is 62.2 Å². The monoisotopic (exact) mass is 416 g/mol. The number of aryl methyl sites for hydroxylation is 2. The van der Waals surface area contributed by atoms with Gasteiger partial charge >= 0.3 is 0 Å². The summed E-state index contributed by atoms with van der Waals surface area (Å²) < 4.78 is 0. The number of H-pyrrole nitrogens is 1. The van der Waals surface area contributed by atoms with Crippen LogP contribution in [-0.4, -0.2) is 53.9 Å². The van der Waals surface area contributed by atoms with E-state index in [9.17, 15) is 4.79 Å². The van der Waals surface area contributed by atoms with Gasteiger partial charge in [-0.15, -0.1) is 0 Å². The molecular formula is C26H32N4O. The Kier molecular flexibility index (Phi) is 5.79. The highest BCUT2D eigenvalue weighted by Crippen LogP contribution is 2.29. The fraction of sp³-hybridized carbons (Fsp3) is 0.423. The average molecular weight is 417 g/mol. The molecule has 2 heterocycles. The number of benzene rings is 2. The predicted molar refractivity (Wildman–Crippen MR) is 125 cm³/mol. The lowest BCUT2D eigenvalue weighted by Gasteiger charge is -2.32. The normalized spacial score (nSPS) is 17.6. The summed E-state index contributed by atoms with van der Waals surface area (Å²) in [5.74, 6) is -0.00266. The van der Waals surface area contributed by atoms with Gasteiger partial charge in [0.15, 0.2) is 0 Å². The molecule has 5 nitrogen and oxygen atoms in total. The highest BCUT2D eigenvalue weighted by Gasteiger charge is 2.17. The van der Waals surface area contributed by atoms with Crippen LogP contribution in [0.15, 0.2) is 42.5 Å². The summed E-state index contributed by atoms with van der Waals surface area (Å²) >= 11 is 0. The molecular weight excluding hydrogens is 384 g/mol. The van der Waals surface area contributed by atoms with Crippen LogP contribution in [0.25, 0.3) is 10.9 Å². The lowest BCUT2D eigenvalue weighted by Crippen LogP contribution is -2.43. The van der Waals surface area contributed by atoms with Gasteiger partial charge in [-0.2, -0.15) is 0 Å². The molecule has 0 bridgehead atoms. The lowest BCUT2D eigenvalue weighted by atomic mass is 9.95. The van der Waals surface area contributed by atoms with Gasteiger partial charge in [0.25, 0.3) is 5.91 Å². The Morgan fingerprint density at radius 1 is 1.00 bits per heavy atom. The molecule has 0 spiro atoms. The van der Waals surface area contributed by atoms with E-state index in [1.165, 1.54) is 35.0 Å². The standard InChI is InChI=1S/C26H32N4O/c1-29-11-13-30(14-12-29)18-20-6-4-5-19(15-20)17-27-26(31)21-9-10-25-23(16-21)22-7-2-3-8-24(22)28-25/h4-6,9-10,15-16,28H,2-3,7-8,11-14,17-18H2,1H3,(H,27,31). The van der Waals surface area contributed by atoms with Gasteiger partial charge in [-0.3, -0.25) is 9.69 Å². The molecule has 2 aliphatic rings. The maximum absolute atomic E-state index is 12.9. The number of carbonyl (C=O) groups is 1. The highest BCUT2D eigenvalue weighted by atomic mass is 16.1. The highest BCUT2D eigenvalue weighted by molar-refractivity contribution is 5.99. The van der Waals surface area contributed by atoms with Crippen LogP contribution in [-0.2, 0) is 25.9 Å². The molecule has 0 atom stereocenters. The number of hydrogen-bond donors (Lipinski definition) is 2. The van der Waals surface area contributed by atoms with Crippen LogP contribution in [0.1, 0.15) is 45.6 Å². The number of piperazine rings is 1. The molecule has 5 rings (SSSR count). The van der Waals surface area contributed by atoms with E-state index in [2.05, 4.69) is 63.5 Å². The first-order valence-electron chi connectivity index (χ1n) is 11.6. The summed E-state index contributed by atoms with van der Waals surface area (Å²) in [7, 11) is 2.18. The summed E-state index contributed by atoms with van der Waals surface area (Å²) in [6.07, 6.45) is 4.72. The minimum atomic E-state index is -0.00266. The Balaban J connectivity index is 1.23. The Morgan fingerprint density at radius 2 is 1.81 bits per heavy atom. The molecule has 1 fully saturated rings. The van der Waals surface area contributed by atoms with Crippen molar-refractivity contribution < 1.29 is 4.79 Å². The number of aromatic amines is 1. The van der Waals surface area contributed by atoms with Crippen molar-refractivity contribution in [1.29, 1.82) is 0 Å². The number of aromatic nitrogens is 1. The SMILES string of the molecule is CN1CCN(Cc2cccc(CNC(=O)c3ccc4[nH]c5c(c4c3)CCCC5)c2)CC1. The van der Waals surface area contributed by atoms with E-state index in [4.69, 9.17) is 0 Å². The first kappa shape index (κ1) is 20.3. The second-order valence-electron chi connectivity index (χ2n) is 9.13. The van der Waals surface area contributed by atoms with Gasteiger partial charge in [0.05, 0.1) is 0 Å². The van der Waals surface area contributed by atoms with Gasteiger partial charge in [-0.25, -0.2) is 0 Å². The van der Waals surface area contributed by atoms with Crippen LogP contribution in [0.2, 0.25) is 0 Å². The fourth-order valence-corrected chi connectivity index (χ4v) is 4.93. The van der Waals surface area contributed by atoms with Crippen LogP contribution in [0.3, 0.4) is 0 Å². The molecule has 1 saturated heterocycles. The van der Waals surface area contributed by atoms with E-state index in [1.54, 1.807) is 0 Å². The zero-order valence-electron chi connectivity index (χ0n) is 18.4. The second-order valence-corrected chi connectivity index (χ2v) is 9.13. The zero-order chi connectivity index (χ0) is 21.2. The van der Waals surface area contributed by atoms with Gasteiger partial charge in [-0.05, 0) is 67.6 Å². The van der Waals surface area contributed by atoms with Crippen molar-refractivity contribution in [3.8, 4) is 0 Å². The Hall–Kier alpha value is -2.63. The number of fused-ring (bicyclic) bond motifs is 3. The number of nitrogens with zero attached hydrogens (tertiary/aromatic N) is 2. The lowest BCUT2D eigenvalue weighted by molar-refractivity contribution is 0.0951. The molecule has 0 radical (unpaired) electrons. The third-order valence-corrected chi connectivity index (χ3v) is 6.81. The smallest absolute Gasteiger partial charge is 0.251 e. The molecule has 162 valence electrons. The molecule has 5 heteroatoms. The largest absolute Gasteiger partial charge is 0.358 e. The Morgan fingerprint density at radius 3 is 2.68 bits per heavy atom. The minimum absolute atomic E-state index is 0.00266. The number of carbonyl (C=O) groups excluding carboxylic acids is 1. The molecule has 2 N–H and O–H groups in total. The second kappa shape index (κ2) is 8.85. The fourth-order valence-electron chi connectivity index (χ4n) is 4.93. The molecule has 1 aliphatic carbocycles. The van der Waals surface area contributed by atoms with Crippen molar-refractivity contribution in [3.05, 3.63) is 70.4 Å². The molecule has 0 saturated carbocycles. The Bertz CT molecular complexity index is 1080. The van der Waals surface area contributed by atoms with Crippen LogP contribution < -0.4 is 5.32 Å². The number of rotatable bonds is 5. The van der Waals surface area contributed by atoms with E-state index in [-0.39, 0.29) is 5.91 Å². The third-order valence-electron chi connectivity index (χ3n) is 6.81. The van der Waals surface area contributed by atoms with E-state index in [1.807, 2.05) is 6.07 Å². The topological polar surface area (TPSA) is 51.4 Å². The molecule has 0 unspecified atom stereocenters. The van der Waals surface area contributed by atoms with E-state index in [0.29, 0.717) is 6.54 Å². The van der Waals surface area contributed by atoms with Crippen LogP contribution in [0.5, 0.6) is 0 Å². The van der Waals surface area contributed by atoms with Crippen molar-refractivity contribution >= 4 is 16.8 Å². The zero-order valence-corrected chi connectivity index (χ0v) is 18.4. The van der Waals surface area contributed by atoms with E-state index < -0.39 is 0 Å². The summed E-state index contributed by atoms with van der Waals surface area (Å²) in [5.41, 5.74) is 7.13. The van der Waals surface area contributed by atoms with Crippen LogP contribution in [0.4, 0.5) is 0 Å². The molecule has 1 aromatic heterocycles. The van der Waals surface area contributed by atoms with Gasteiger partial charge < -0.3 is 15.2 Å². The van der Waals surface area contributed by atoms with Crippen molar-refractivity contribution in [2.75, 3.05) is 33.2 Å². The molecule has 1 aliphatic heterocycles. The quantitative estimate of drug-likeness (QED) is 0.666. The van der Waals surface area contributed by atoms with Crippen LogP contribution in [0, 0.1) is 0 Å². The molecule has 31 heavy (non-hydrogen) atoms. The summed E-state index contributed by atoms with van der Waals surface area (Å²) in [5, 5.41) is 4.34. The van der Waals surface area contributed by atoms with E-state index >= 15 is 0 Å².